The number of aromatic amines is 1. The van der Waals surface area contributed by atoms with Gasteiger partial charge in [-0.2, -0.15) is 0 Å². The van der Waals surface area contributed by atoms with E-state index in [4.69, 9.17) is 4.74 Å². The van der Waals surface area contributed by atoms with E-state index in [0.717, 1.165) is 6.07 Å². The van der Waals surface area contributed by atoms with Crippen LogP contribution < -0.4 is 15.8 Å². The van der Waals surface area contributed by atoms with Crippen molar-refractivity contribution >= 4 is 22.5 Å². The summed E-state index contributed by atoms with van der Waals surface area (Å²) in [6, 6.07) is 4.96. The Hall–Kier alpha value is -3.14. The number of rotatable bonds is 5. The summed E-state index contributed by atoms with van der Waals surface area (Å²) in [5.74, 6) is -0.170. The first-order chi connectivity index (χ1) is 14.8. The summed E-state index contributed by atoms with van der Waals surface area (Å²) in [5, 5.41) is 3.64. The Morgan fingerprint density at radius 3 is 2.61 bits per heavy atom. The maximum atomic E-state index is 14.6. The normalized spacial score (nSPS) is 15.5. The fourth-order valence-corrected chi connectivity index (χ4v) is 3.69. The number of H-pyrrole nitrogens is 1. The van der Waals surface area contributed by atoms with Gasteiger partial charge in [0.05, 0.1) is 30.2 Å². The molecule has 0 saturated carbocycles. The molecule has 0 spiro atoms. The van der Waals surface area contributed by atoms with Gasteiger partial charge in [0.15, 0.2) is 0 Å². The molecule has 3 aromatic rings. The smallest absolute Gasteiger partial charge is 0.273 e. The van der Waals surface area contributed by atoms with E-state index in [0.29, 0.717) is 54.7 Å². The Morgan fingerprint density at radius 2 is 1.90 bits per heavy atom. The van der Waals surface area contributed by atoms with Gasteiger partial charge in [-0.05, 0) is 19.9 Å². The fraction of sp³-hybridized carbons (Fsp3) is 0.381. The Labute approximate surface area is 176 Å². The molecule has 4 rings (SSSR count). The van der Waals surface area contributed by atoms with Crippen LogP contribution in [-0.4, -0.2) is 41.3 Å². The third-order valence-corrected chi connectivity index (χ3v) is 5.27. The largest absolute Gasteiger partial charge is 0.378 e. The predicted molar refractivity (Wildman–Crippen MR) is 111 cm³/mol. The van der Waals surface area contributed by atoms with Crippen molar-refractivity contribution in [2.75, 3.05) is 36.5 Å². The number of aromatic nitrogens is 3. The first-order valence-electron chi connectivity index (χ1n) is 9.92. The summed E-state index contributed by atoms with van der Waals surface area (Å²) in [6.07, 6.45) is -2.91. The summed E-state index contributed by atoms with van der Waals surface area (Å²) in [6.45, 7) is 5.51. The second-order valence-electron chi connectivity index (χ2n) is 7.38. The lowest BCUT2D eigenvalue weighted by Gasteiger charge is -2.28. The monoisotopic (exact) mass is 433 g/mol. The number of halogens is 3. The van der Waals surface area contributed by atoms with E-state index in [1.54, 1.807) is 19.9 Å². The van der Waals surface area contributed by atoms with E-state index >= 15 is 0 Å². The molecule has 1 aromatic carbocycles. The number of morpholine rings is 1. The minimum absolute atomic E-state index is 0.0973. The second-order valence-corrected chi connectivity index (χ2v) is 7.38. The number of aryl methyl sites for hydroxylation is 1. The highest BCUT2D eigenvalue weighted by Gasteiger charge is 2.21. The zero-order chi connectivity index (χ0) is 22.1. The second kappa shape index (κ2) is 8.54. The van der Waals surface area contributed by atoms with Gasteiger partial charge < -0.3 is 19.9 Å². The van der Waals surface area contributed by atoms with Gasteiger partial charge in [0, 0.05) is 18.7 Å². The van der Waals surface area contributed by atoms with E-state index in [-0.39, 0.29) is 11.1 Å². The van der Waals surface area contributed by atoms with Crippen molar-refractivity contribution in [1.29, 1.82) is 0 Å². The molecule has 3 heterocycles. The number of hydrogen-bond acceptors (Lipinski definition) is 6. The van der Waals surface area contributed by atoms with E-state index in [2.05, 4.69) is 20.3 Å². The van der Waals surface area contributed by atoms with Crippen LogP contribution in [0.3, 0.4) is 0 Å². The number of benzene rings is 1. The predicted octanol–water partition coefficient (Wildman–Crippen LogP) is 3.71. The number of pyridine rings is 1. The number of ether oxygens (including phenoxy) is 1. The molecular weight excluding hydrogens is 411 g/mol. The molecule has 0 bridgehead atoms. The Bertz CT molecular complexity index is 1160. The molecule has 31 heavy (non-hydrogen) atoms. The van der Waals surface area contributed by atoms with Crippen LogP contribution in [0.15, 0.2) is 29.1 Å². The van der Waals surface area contributed by atoms with Gasteiger partial charge in [0.2, 0.25) is 0 Å². The van der Waals surface area contributed by atoms with Gasteiger partial charge in [-0.1, -0.05) is 18.2 Å². The third kappa shape index (κ3) is 4.20. The number of alkyl halides is 2. The lowest BCUT2D eigenvalue weighted by atomic mass is 10.0. The number of nitrogens with zero attached hydrogens (tertiary/aromatic N) is 3. The maximum Gasteiger partial charge on any atom is 0.273 e. The van der Waals surface area contributed by atoms with Crippen LogP contribution >= 0.6 is 0 Å². The van der Waals surface area contributed by atoms with E-state index in [9.17, 15) is 18.0 Å². The minimum Gasteiger partial charge on any atom is -0.378 e. The van der Waals surface area contributed by atoms with E-state index in [1.807, 2.05) is 4.90 Å². The first-order valence-corrected chi connectivity index (χ1v) is 9.92. The number of fused-ring (bicyclic) bond motifs is 1. The highest BCUT2D eigenvalue weighted by molar-refractivity contribution is 5.89. The van der Waals surface area contributed by atoms with Crippen molar-refractivity contribution in [2.45, 2.75) is 26.3 Å². The van der Waals surface area contributed by atoms with Crippen molar-refractivity contribution in [3.63, 3.8) is 0 Å². The molecule has 1 saturated heterocycles. The lowest BCUT2D eigenvalue weighted by Crippen LogP contribution is -2.39. The maximum absolute atomic E-state index is 14.6. The van der Waals surface area contributed by atoms with Crippen molar-refractivity contribution in [1.82, 2.24) is 15.0 Å². The van der Waals surface area contributed by atoms with Crippen LogP contribution in [0.2, 0.25) is 0 Å². The molecular formula is C21H22F3N5O2. The van der Waals surface area contributed by atoms with Crippen molar-refractivity contribution in [2.24, 2.45) is 0 Å². The van der Waals surface area contributed by atoms with E-state index < -0.39 is 23.8 Å². The van der Waals surface area contributed by atoms with E-state index in [1.165, 1.54) is 12.1 Å². The Balaban J connectivity index is 1.75. The molecule has 2 aromatic heterocycles. The quantitative estimate of drug-likeness (QED) is 0.638. The van der Waals surface area contributed by atoms with Crippen LogP contribution in [0.5, 0.6) is 0 Å². The molecule has 0 unspecified atom stereocenters. The summed E-state index contributed by atoms with van der Waals surface area (Å²) in [7, 11) is 0. The van der Waals surface area contributed by atoms with Crippen LogP contribution in [-0.2, 0) is 4.74 Å². The van der Waals surface area contributed by atoms with Crippen LogP contribution in [0.1, 0.15) is 36.3 Å². The zero-order valence-electron chi connectivity index (χ0n) is 17.1. The van der Waals surface area contributed by atoms with Crippen molar-refractivity contribution in [3.8, 4) is 0 Å². The highest BCUT2D eigenvalue weighted by Crippen LogP contribution is 2.30. The SMILES string of the molecule is Cc1nc(N[C@H](C)c2cccc(C(F)F)c2F)c2cc(N3CCOCC3)c(=O)[nH]c2n1. The average Bonchev–Trinajstić information content (AvgIpc) is 2.73. The number of anilines is 2. The molecule has 1 atom stereocenters. The Kier molecular flexibility index (Phi) is 5.81. The highest BCUT2D eigenvalue weighted by atomic mass is 19.3. The lowest BCUT2D eigenvalue weighted by molar-refractivity contribution is 0.122. The summed E-state index contributed by atoms with van der Waals surface area (Å²) in [4.78, 5) is 26.0. The van der Waals surface area contributed by atoms with Gasteiger partial charge in [0.25, 0.3) is 12.0 Å². The summed E-state index contributed by atoms with van der Waals surface area (Å²) >= 11 is 0. The number of hydrogen-bond donors (Lipinski definition) is 2. The van der Waals surface area contributed by atoms with Crippen LogP contribution in [0.4, 0.5) is 24.7 Å². The molecule has 2 N–H and O–H groups in total. The number of nitrogens with one attached hydrogen (secondary N) is 2. The summed E-state index contributed by atoms with van der Waals surface area (Å²) < 4.78 is 46.1. The molecule has 1 aliphatic rings. The topological polar surface area (TPSA) is 83.1 Å². The molecule has 1 aliphatic heterocycles. The van der Waals surface area contributed by atoms with Gasteiger partial charge >= 0.3 is 0 Å². The standard InChI is InChI=1S/C21H22F3N5O2/c1-11(13-4-3-5-14(17(13)22)18(23)24)25-19-15-10-16(29-6-8-31-9-7-29)21(30)28-20(15)27-12(2)26-19/h3-5,10-11,18H,6-9H2,1-2H3,(H2,25,26,27,28,30)/t11-/m1/s1. The van der Waals surface area contributed by atoms with Crippen LogP contribution in [0, 0.1) is 12.7 Å². The molecule has 0 amide bonds. The third-order valence-electron chi connectivity index (χ3n) is 5.27. The summed E-state index contributed by atoms with van der Waals surface area (Å²) in [5.41, 5.74) is -0.0214. The minimum atomic E-state index is -2.91. The van der Waals surface area contributed by atoms with Crippen molar-refractivity contribution < 1.29 is 17.9 Å². The van der Waals surface area contributed by atoms with Gasteiger partial charge in [-0.15, -0.1) is 0 Å². The Morgan fingerprint density at radius 1 is 1.19 bits per heavy atom. The van der Waals surface area contributed by atoms with Crippen LogP contribution in [0.25, 0.3) is 11.0 Å². The van der Waals surface area contributed by atoms with Gasteiger partial charge in [-0.25, -0.2) is 23.1 Å². The molecule has 7 nitrogen and oxygen atoms in total. The zero-order valence-corrected chi connectivity index (χ0v) is 17.1. The van der Waals surface area contributed by atoms with Gasteiger partial charge in [0.1, 0.15) is 28.8 Å². The van der Waals surface area contributed by atoms with Crippen molar-refractivity contribution in [3.05, 3.63) is 57.4 Å². The molecule has 0 aliphatic carbocycles. The molecule has 1 fully saturated rings. The molecule has 0 radical (unpaired) electrons. The average molecular weight is 433 g/mol. The fourth-order valence-electron chi connectivity index (χ4n) is 3.69. The first kappa shape index (κ1) is 21.1. The molecule has 164 valence electrons. The molecule has 10 heteroatoms. The van der Waals surface area contributed by atoms with Gasteiger partial charge in [-0.3, -0.25) is 4.79 Å².